The van der Waals surface area contributed by atoms with Crippen LogP contribution in [0.25, 0.3) is 0 Å². The number of nitrogens with zero attached hydrogens (tertiary/aromatic N) is 2. The molecule has 2 aromatic carbocycles. The van der Waals surface area contributed by atoms with E-state index in [2.05, 4.69) is 0 Å². The molecule has 0 N–H and O–H groups in total. The number of para-hydroxylation sites is 1. The van der Waals surface area contributed by atoms with Crippen molar-refractivity contribution >= 4 is 17.5 Å². The van der Waals surface area contributed by atoms with Crippen LogP contribution in [0.1, 0.15) is 37.6 Å². The molecule has 1 saturated heterocycles. The van der Waals surface area contributed by atoms with Gasteiger partial charge in [0.25, 0.3) is 5.91 Å². The molecule has 6 nitrogen and oxygen atoms in total. The lowest BCUT2D eigenvalue weighted by atomic mass is 10.1. The average Bonchev–Trinajstić information content (AvgIpc) is 3.12. The molecule has 1 fully saturated rings. The van der Waals surface area contributed by atoms with E-state index in [1.807, 2.05) is 51.1 Å². The Hall–Kier alpha value is -3.02. The number of carbonyl (C=O) groups excluding carboxylic acids is 2. The second kappa shape index (κ2) is 9.45. The van der Waals surface area contributed by atoms with E-state index in [-0.39, 0.29) is 11.8 Å². The molecule has 6 heteroatoms. The Morgan fingerprint density at radius 3 is 2.38 bits per heavy atom. The molecule has 0 aliphatic carbocycles. The lowest BCUT2D eigenvalue weighted by molar-refractivity contribution is -0.120. The molecule has 2 amide bonds. The van der Waals surface area contributed by atoms with Gasteiger partial charge in [0, 0.05) is 24.3 Å². The minimum atomic E-state index is -0.463. The number of rotatable bonds is 8. The Morgan fingerprint density at radius 2 is 1.72 bits per heavy atom. The molecule has 1 heterocycles. The maximum absolute atomic E-state index is 13.2. The lowest BCUT2D eigenvalue weighted by Gasteiger charge is -2.27. The number of likely N-dealkylation sites (N-methyl/N-ethyl adjacent to an activating group) is 1. The molecule has 0 spiro atoms. The first-order valence-corrected chi connectivity index (χ1v) is 10.2. The standard InChI is InChI=1S/C23H28N2O4/c1-4-24(19-14-15-25(23(19)27)18-10-8-7-9-11-18)22(26)17-12-13-20(28-5-2)21(16-17)29-6-3/h7-13,16,19H,4-6,14-15H2,1-3H3. The zero-order valence-electron chi connectivity index (χ0n) is 17.3. The third kappa shape index (κ3) is 4.36. The minimum absolute atomic E-state index is 0.0395. The Labute approximate surface area is 172 Å². The van der Waals surface area contributed by atoms with Gasteiger partial charge in [-0.1, -0.05) is 18.2 Å². The third-order valence-corrected chi connectivity index (χ3v) is 5.01. The van der Waals surface area contributed by atoms with E-state index in [9.17, 15) is 9.59 Å². The van der Waals surface area contributed by atoms with Gasteiger partial charge in [0.2, 0.25) is 5.91 Å². The van der Waals surface area contributed by atoms with Crippen LogP contribution in [0.4, 0.5) is 5.69 Å². The first-order valence-electron chi connectivity index (χ1n) is 10.2. The Kier molecular flexibility index (Phi) is 6.75. The Morgan fingerprint density at radius 1 is 1.03 bits per heavy atom. The second-order valence-electron chi connectivity index (χ2n) is 6.75. The third-order valence-electron chi connectivity index (χ3n) is 5.01. The van der Waals surface area contributed by atoms with E-state index in [0.29, 0.717) is 49.8 Å². The summed E-state index contributed by atoms with van der Waals surface area (Å²) in [5.41, 5.74) is 1.35. The molecule has 0 bridgehead atoms. The first kappa shape index (κ1) is 20.7. The van der Waals surface area contributed by atoms with Crippen LogP contribution in [-0.4, -0.2) is 49.1 Å². The van der Waals surface area contributed by atoms with Gasteiger partial charge in [0.05, 0.1) is 13.2 Å². The van der Waals surface area contributed by atoms with Crippen LogP contribution in [-0.2, 0) is 4.79 Å². The molecular formula is C23H28N2O4. The summed E-state index contributed by atoms with van der Waals surface area (Å²) in [6.45, 7) is 7.73. The summed E-state index contributed by atoms with van der Waals surface area (Å²) < 4.78 is 11.2. The van der Waals surface area contributed by atoms with E-state index >= 15 is 0 Å². The second-order valence-corrected chi connectivity index (χ2v) is 6.75. The van der Waals surface area contributed by atoms with Crippen LogP contribution >= 0.6 is 0 Å². The number of hydrogen-bond donors (Lipinski definition) is 0. The highest BCUT2D eigenvalue weighted by Gasteiger charge is 2.38. The Bertz CT molecular complexity index is 853. The highest BCUT2D eigenvalue weighted by atomic mass is 16.5. The van der Waals surface area contributed by atoms with Crippen molar-refractivity contribution in [1.82, 2.24) is 4.90 Å². The predicted molar refractivity (Wildman–Crippen MR) is 113 cm³/mol. The van der Waals surface area contributed by atoms with Crippen LogP contribution in [0.5, 0.6) is 11.5 Å². The SMILES string of the molecule is CCOc1ccc(C(=O)N(CC)C2CCN(c3ccccc3)C2=O)cc1OCC. The van der Waals surface area contributed by atoms with Crippen molar-refractivity contribution in [3.05, 3.63) is 54.1 Å². The van der Waals surface area contributed by atoms with Crippen molar-refractivity contribution in [3.63, 3.8) is 0 Å². The lowest BCUT2D eigenvalue weighted by Crippen LogP contribution is -2.45. The van der Waals surface area contributed by atoms with Gasteiger partial charge >= 0.3 is 0 Å². The molecule has 1 atom stereocenters. The molecule has 0 radical (unpaired) electrons. The maximum atomic E-state index is 13.2. The van der Waals surface area contributed by atoms with Gasteiger partial charge in [-0.2, -0.15) is 0 Å². The van der Waals surface area contributed by atoms with E-state index < -0.39 is 6.04 Å². The molecule has 0 aromatic heterocycles. The summed E-state index contributed by atoms with van der Waals surface area (Å²) >= 11 is 0. The van der Waals surface area contributed by atoms with E-state index in [0.717, 1.165) is 5.69 Å². The van der Waals surface area contributed by atoms with Gasteiger partial charge in [0.1, 0.15) is 6.04 Å². The number of ether oxygens (including phenoxy) is 2. The average molecular weight is 396 g/mol. The van der Waals surface area contributed by atoms with Gasteiger partial charge in [0.15, 0.2) is 11.5 Å². The zero-order valence-corrected chi connectivity index (χ0v) is 17.3. The molecule has 1 aliphatic heterocycles. The number of hydrogen-bond acceptors (Lipinski definition) is 4. The fourth-order valence-electron chi connectivity index (χ4n) is 3.67. The van der Waals surface area contributed by atoms with E-state index in [4.69, 9.17) is 9.47 Å². The van der Waals surface area contributed by atoms with Crippen LogP contribution in [0.15, 0.2) is 48.5 Å². The number of benzene rings is 2. The highest BCUT2D eigenvalue weighted by Crippen LogP contribution is 2.30. The summed E-state index contributed by atoms with van der Waals surface area (Å²) in [5.74, 6) is 0.938. The zero-order chi connectivity index (χ0) is 20.8. The first-order chi connectivity index (χ1) is 14.1. The quantitative estimate of drug-likeness (QED) is 0.682. The van der Waals surface area contributed by atoms with Crippen LogP contribution in [0.2, 0.25) is 0 Å². The topological polar surface area (TPSA) is 59.1 Å². The summed E-state index contributed by atoms with van der Waals surface area (Å²) in [5, 5.41) is 0. The van der Waals surface area contributed by atoms with Crippen molar-refractivity contribution in [3.8, 4) is 11.5 Å². The molecule has 2 aromatic rings. The fourth-order valence-corrected chi connectivity index (χ4v) is 3.67. The number of carbonyl (C=O) groups is 2. The van der Waals surface area contributed by atoms with Crippen LogP contribution in [0.3, 0.4) is 0 Å². The summed E-state index contributed by atoms with van der Waals surface area (Å²) in [6.07, 6.45) is 0.614. The molecule has 3 rings (SSSR count). The van der Waals surface area contributed by atoms with Gasteiger partial charge < -0.3 is 19.3 Å². The highest BCUT2D eigenvalue weighted by molar-refractivity contribution is 6.04. The van der Waals surface area contributed by atoms with Crippen molar-refractivity contribution in [1.29, 1.82) is 0 Å². The van der Waals surface area contributed by atoms with Gasteiger partial charge in [-0.25, -0.2) is 0 Å². The van der Waals surface area contributed by atoms with Crippen molar-refractivity contribution < 1.29 is 19.1 Å². The molecule has 0 saturated carbocycles. The van der Waals surface area contributed by atoms with Gasteiger partial charge in [-0.15, -0.1) is 0 Å². The summed E-state index contributed by atoms with van der Waals surface area (Å²) in [7, 11) is 0. The molecule has 154 valence electrons. The van der Waals surface area contributed by atoms with E-state index in [1.165, 1.54) is 0 Å². The van der Waals surface area contributed by atoms with Crippen molar-refractivity contribution in [2.45, 2.75) is 33.2 Å². The summed E-state index contributed by atoms with van der Waals surface area (Å²) in [4.78, 5) is 29.7. The number of amides is 2. The molecule has 29 heavy (non-hydrogen) atoms. The van der Waals surface area contributed by atoms with Gasteiger partial charge in [-0.3, -0.25) is 9.59 Å². The van der Waals surface area contributed by atoms with Gasteiger partial charge in [-0.05, 0) is 57.5 Å². The normalized spacial score (nSPS) is 16.0. The van der Waals surface area contributed by atoms with E-state index in [1.54, 1.807) is 28.0 Å². The number of anilines is 1. The Balaban J connectivity index is 1.82. The van der Waals surface area contributed by atoms with Crippen molar-refractivity contribution in [2.75, 3.05) is 31.2 Å². The molecule has 1 unspecified atom stereocenters. The smallest absolute Gasteiger partial charge is 0.254 e. The maximum Gasteiger partial charge on any atom is 0.254 e. The largest absolute Gasteiger partial charge is 0.490 e. The monoisotopic (exact) mass is 396 g/mol. The minimum Gasteiger partial charge on any atom is -0.490 e. The fraction of sp³-hybridized carbons (Fsp3) is 0.391. The molecular weight excluding hydrogens is 368 g/mol. The van der Waals surface area contributed by atoms with Crippen LogP contribution in [0, 0.1) is 0 Å². The van der Waals surface area contributed by atoms with Crippen LogP contribution < -0.4 is 14.4 Å². The molecule has 1 aliphatic rings. The summed E-state index contributed by atoms with van der Waals surface area (Å²) in [6, 6.07) is 14.3. The van der Waals surface area contributed by atoms with Crippen molar-refractivity contribution in [2.24, 2.45) is 0 Å². The predicted octanol–water partition coefficient (Wildman–Crippen LogP) is 3.75.